The molecule has 0 amide bonds. The molecule has 0 fully saturated rings. The lowest BCUT2D eigenvalue weighted by Gasteiger charge is -2.25. The minimum Gasteiger partial charge on any atom is -0.454 e. The zero-order valence-corrected chi connectivity index (χ0v) is 23.4. The van der Waals surface area contributed by atoms with Gasteiger partial charge in [-0.25, -0.2) is 4.52 Å². The smallest absolute Gasteiger partial charge is 0.160 e. The Kier molecular flexibility index (Phi) is 4.64. The zero-order valence-electron chi connectivity index (χ0n) is 23.4. The van der Waals surface area contributed by atoms with Crippen LogP contribution in [0.1, 0.15) is 25.0 Å². The highest BCUT2D eigenvalue weighted by Gasteiger charge is 2.35. The van der Waals surface area contributed by atoms with Crippen molar-refractivity contribution in [3.8, 4) is 11.1 Å². The number of furan rings is 1. The predicted molar refractivity (Wildman–Crippen MR) is 172 cm³/mol. The number of anilines is 3. The lowest BCUT2D eigenvalue weighted by atomic mass is 9.82. The van der Waals surface area contributed by atoms with Crippen LogP contribution in [0.2, 0.25) is 0 Å². The average molecular weight is 542 g/mol. The van der Waals surface area contributed by atoms with Crippen LogP contribution in [0.5, 0.6) is 0 Å². The van der Waals surface area contributed by atoms with Gasteiger partial charge < -0.3 is 4.42 Å². The van der Waals surface area contributed by atoms with Crippen LogP contribution < -0.4 is 4.90 Å². The van der Waals surface area contributed by atoms with E-state index in [1.807, 2.05) is 16.6 Å². The molecule has 0 saturated heterocycles. The molecular weight excluding hydrogens is 514 g/mol. The van der Waals surface area contributed by atoms with Gasteiger partial charge in [0.15, 0.2) is 11.4 Å². The Bertz CT molecular complexity index is 2300. The molecule has 3 aromatic heterocycles. The van der Waals surface area contributed by atoms with Crippen LogP contribution in [0.15, 0.2) is 132 Å². The topological polar surface area (TPSA) is 33.7 Å². The van der Waals surface area contributed by atoms with Crippen molar-refractivity contribution >= 4 is 55.4 Å². The van der Waals surface area contributed by atoms with Crippen LogP contribution >= 0.6 is 0 Å². The van der Waals surface area contributed by atoms with Gasteiger partial charge in [-0.1, -0.05) is 98.8 Å². The minimum absolute atomic E-state index is 0.0583. The van der Waals surface area contributed by atoms with Crippen LogP contribution in [0, 0.1) is 0 Å². The van der Waals surface area contributed by atoms with Crippen LogP contribution in [-0.2, 0) is 5.41 Å². The zero-order chi connectivity index (χ0) is 28.0. The van der Waals surface area contributed by atoms with Crippen LogP contribution in [-0.4, -0.2) is 9.61 Å². The molecule has 0 aliphatic heterocycles. The van der Waals surface area contributed by atoms with Gasteiger partial charge in [0.1, 0.15) is 5.58 Å². The van der Waals surface area contributed by atoms with Crippen molar-refractivity contribution in [3.63, 3.8) is 0 Å². The second-order valence-corrected chi connectivity index (χ2v) is 11.8. The van der Waals surface area contributed by atoms with Gasteiger partial charge in [0.2, 0.25) is 0 Å². The molecule has 0 saturated carbocycles. The Labute approximate surface area is 243 Å². The fourth-order valence-electron chi connectivity index (χ4n) is 6.92. The van der Waals surface area contributed by atoms with Gasteiger partial charge in [0.25, 0.3) is 0 Å². The van der Waals surface area contributed by atoms with E-state index in [4.69, 9.17) is 9.52 Å². The van der Waals surface area contributed by atoms with E-state index in [9.17, 15) is 0 Å². The summed E-state index contributed by atoms with van der Waals surface area (Å²) in [5.41, 5.74) is 9.98. The molecule has 0 spiro atoms. The predicted octanol–water partition coefficient (Wildman–Crippen LogP) is 10.2. The Morgan fingerprint density at radius 1 is 0.667 bits per heavy atom. The summed E-state index contributed by atoms with van der Waals surface area (Å²) in [6.45, 7) is 4.63. The first-order valence-electron chi connectivity index (χ1n) is 14.4. The summed E-state index contributed by atoms with van der Waals surface area (Å²) in [5.74, 6) is 0.837. The second kappa shape index (κ2) is 8.34. The third-order valence-corrected chi connectivity index (χ3v) is 8.99. The maximum absolute atomic E-state index is 6.55. The maximum Gasteiger partial charge on any atom is 0.160 e. The molecular formula is C38H27N3O. The monoisotopic (exact) mass is 541 g/mol. The fourth-order valence-corrected chi connectivity index (χ4v) is 6.92. The molecule has 0 atom stereocenters. The fraction of sp³-hybridized carbons (Fsp3) is 0.0789. The number of hydrogen-bond donors (Lipinski definition) is 0. The van der Waals surface area contributed by atoms with E-state index < -0.39 is 0 Å². The molecule has 3 heterocycles. The second-order valence-electron chi connectivity index (χ2n) is 11.8. The van der Waals surface area contributed by atoms with Crippen molar-refractivity contribution in [2.24, 2.45) is 0 Å². The quantitative estimate of drug-likeness (QED) is 0.223. The van der Waals surface area contributed by atoms with E-state index in [1.54, 1.807) is 0 Å². The third kappa shape index (κ3) is 3.20. The van der Waals surface area contributed by atoms with Crippen molar-refractivity contribution in [2.75, 3.05) is 4.90 Å². The summed E-state index contributed by atoms with van der Waals surface area (Å²) in [4.78, 5) is 2.25. The summed E-state index contributed by atoms with van der Waals surface area (Å²) in [6.07, 6.45) is 2.11. The van der Waals surface area contributed by atoms with E-state index in [0.717, 1.165) is 50.0 Å². The first-order valence-corrected chi connectivity index (χ1v) is 14.4. The molecule has 8 aromatic rings. The molecule has 4 heteroatoms. The van der Waals surface area contributed by atoms with E-state index in [2.05, 4.69) is 134 Å². The van der Waals surface area contributed by atoms with E-state index >= 15 is 0 Å². The van der Waals surface area contributed by atoms with Gasteiger partial charge in [0, 0.05) is 39.5 Å². The summed E-state index contributed by atoms with van der Waals surface area (Å²) in [5, 5.41) is 9.70. The minimum atomic E-state index is -0.0583. The van der Waals surface area contributed by atoms with Crippen molar-refractivity contribution in [2.45, 2.75) is 19.3 Å². The lowest BCUT2D eigenvalue weighted by Crippen LogP contribution is -2.15. The van der Waals surface area contributed by atoms with Gasteiger partial charge in [-0.05, 0) is 58.0 Å². The first-order chi connectivity index (χ1) is 20.6. The standard InChI is InChI=1S/C38H27N3O/c1-38(2)32-15-7-5-12-28(32)31-21-26(18-19-33(31)38)41(34-16-9-14-30-29-13-6-8-17-35(29)42-37(30)34)36-22-27-20-24-10-3-4-11-25(24)23-40(27)39-36/h3-23H,1-2H3. The summed E-state index contributed by atoms with van der Waals surface area (Å²) in [7, 11) is 0. The normalized spacial score (nSPS) is 13.7. The van der Waals surface area contributed by atoms with E-state index in [0.29, 0.717) is 0 Å². The maximum atomic E-state index is 6.55. The number of pyridine rings is 1. The van der Waals surface area contributed by atoms with Gasteiger partial charge in [-0.3, -0.25) is 4.90 Å². The van der Waals surface area contributed by atoms with Crippen molar-refractivity contribution < 1.29 is 4.42 Å². The molecule has 0 bridgehead atoms. The molecule has 0 radical (unpaired) electrons. The first kappa shape index (κ1) is 23.4. The van der Waals surface area contributed by atoms with Crippen molar-refractivity contribution in [1.82, 2.24) is 9.61 Å². The average Bonchev–Trinajstić information content (AvgIpc) is 3.67. The highest BCUT2D eigenvalue weighted by Crippen LogP contribution is 2.51. The lowest BCUT2D eigenvalue weighted by molar-refractivity contribution is 0.660. The van der Waals surface area contributed by atoms with Crippen LogP contribution in [0.25, 0.3) is 49.4 Å². The van der Waals surface area contributed by atoms with Crippen molar-refractivity contribution in [1.29, 1.82) is 0 Å². The number of nitrogens with zero attached hydrogens (tertiary/aromatic N) is 3. The highest BCUT2D eigenvalue weighted by molar-refractivity contribution is 6.10. The van der Waals surface area contributed by atoms with E-state index in [1.165, 1.54) is 27.6 Å². The number of aromatic nitrogens is 2. The third-order valence-electron chi connectivity index (χ3n) is 8.99. The van der Waals surface area contributed by atoms with Gasteiger partial charge in [-0.15, -0.1) is 5.10 Å². The molecule has 9 rings (SSSR count). The van der Waals surface area contributed by atoms with Crippen LogP contribution in [0.3, 0.4) is 0 Å². The number of benzene rings is 5. The molecule has 42 heavy (non-hydrogen) atoms. The largest absolute Gasteiger partial charge is 0.454 e. The summed E-state index contributed by atoms with van der Waals surface area (Å²) < 4.78 is 8.53. The van der Waals surface area contributed by atoms with Crippen molar-refractivity contribution in [3.05, 3.63) is 139 Å². The Morgan fingerprint density at radius 2 is 1.43 bits per heavy atom. The number of rotatable bonds is 3. The number of para-hydroxylation sites is 2. The molecule has 200 valence electrons. The molecule has 1 aliphatic rings. The SMILES string of the molecule is CC1(C)c2ccccc2-c2cc(N(c3cc4cc5ccccc5cn4n3)c3cccc4c3oc3ccccc34)ccc21. The number of hydrogen-bond acceptors (Lipinski definition) is 3. The number of fused-ring (bicyclic) bond motifs is 8. The Morgan fingerprint density at radius 3 is 2.36 bits per heavy atom. The summed E-state index contributed by atoms with van der Waals surface area (Å²) >= 11 is 0. The van der Waals surface area contributed by atoms with E-state index in [-0.39, 0.29) is 5.41 Å². The van der Waals surface area contributed by atoms with Gasteiger partial charge in [-0.2, -0.15) is 0 Å². The molecule has 0 N–H and O–H groups in total. The molecule has 4 nitrogen and oxygen atoms in total. The highest BCUT2D eigenvalue weighted by atomic mass is 16.3. The van der Waals surface area contributed by atoms with Gasteiger partial charge >= 0.3 is 0 Å². The molecule has 1 aliphatic carbocycles. The molecule has 0 unspecified atom stereocenters. The summed E-state index contributed by atoms with van der Waals surface area (Å²) in [6, 6.07) is 43.0. The van der Waals surface area contributed by atoms with Crippen LogP contribution in [0.4, 0.5) is 17.2 Å². The Balaban J connectivity index is 1.33. The molecule has 5 aromatic carbocycles. The Hall–Kier alpha value is -5.35. The van der Waals surface area contributed by atoms with Gasteiger partial charge in [0.05, 0.1) is 11.2 Å².